The highest BCUT2D eigenvalue weighted by atomic mass is 35.7. The van der Waals surface area contributed by atoms with E-state index in [1.54, 1.807) is 0 Å². The molecule has 0 aliphatic heterocycles. The van der Waals surface area contributed by atoms with E-state index in [0.717, 1.165) is 12.1 Å². The lowest BCUT2D eigenvalue weighted by atomic mass is 10.7. The van der Waals surface area contributed by atoms with E-state index < -0.39 is 19.1 Å². The first-order valence-electron chi connectivity index (χ1n) is 2.78. The highest BCUT2D eigenvalue weighted by Crippen LogP contribution is 2.26. The third-order valence-corrected chi connectivity index (χ3v) is 5.69. The number of hydrogen-bond donors (Lipinski definition) is 1. The summed E-state index contributed by atoms with van der Waals surface area (Å²) in [5.41, 5.74) is 0. The van der Waals surface area contributed by atoms with Crippen molar-refractivity contribution >= 4 is 41.1 Å². The first-order chi connectivity index (χ1) is 5.71. The highest BCUT2D eigenvalue weighted by Gasteiger charge is 2.17. The summed E-state index contributed by atoms with van der Waals surface area (Å²) in [6, 6.07) is 2.18. The molecule has 13 heavy (non-hydrogen) atoms. The number of halogens is 1. The average molecular weight is 262 g/mol. The third-order valence-electron chi connectivity index (χ3n) is 1.08. The molecule has 0 unspecified atom stereocenters. The van der Waals surface area contributed by atoms with Crippen molar-refractivity contribution in [1.82, 2.24) is 0 Å². The average Bonchev–Trinajstić information content (AvgIpc) is 2.28. The van der Waals surface area contributed by atoms with Gasteiger partial charge in [0.1, 0.15) is 8.42 Å². The third kappa shape index (κ3) is 2.64. The van der Waals surface area contributed by atoms with Crippen molar-refractivity contribution in [2.75, 3.05) is 0 Å². The first kappa shape index (κ1) is 10.9. The van der Waals surface area contributed by atoms with Crippen LogP contribution in [-0.4, -0.2) is 16.8 Å². The molecule has 0 atom stereocenters. The molecule has 0 aromatic carbocycles. The van der Waals surface area contributed by atoms with Crippen LogP contribution in [0.5, 0.6) is 0 Å². The SMILES string of the molecule is NS(=O)(=O)c1ccc(S(=O)(=O)Cl)s1. The summed E-state index contributed by atoms with van der Waals surface area (Å²) in [7, 11) is -2.75. The van der Waals surface area contributed by atoms with Crippen LogP contribution in [-0.2, 0) is 19.1 Å². The van der Waals surface area contributed by atoms with Crippen molar-refractivity contribution in [2.24, 2.45) is 5.14 Å². The molecule has 1 aromatic rings. The van der Waals surface area contributed by atoms with Gasteiger partial charge in [-0.05, 0) is 12.1 Å². The van der Waals surface area contributed by atoms with Gasteiger partial charge in [0, 0.05) is 10.7 Å². The smallest absolute Gasteiger partial charge is 0.224 e. The Morgan fingerprint density at radius 3 is 1.85 bits per heavy atom. The largest absolute Gasteiger partial charge is 0.270 e. The molecule has 0 fully saturated rings. The molecule has 1 aromatic heterocycles. The van der Waals surface area contributed by atoms with E-state index in [2.05, 4.69) is 0 Å². The summed E-state index contributed by atoms with van der Waals surface area (Å²) in [5.74, 6) is 0. The number of thiophene rings is 1. The Morgan fingerprint density at radius 2 is 1.62 bits per heavy atom. The molecule has 5 nitrogen and oxygen atoms in total. The fourth-order valence-electron chi connectivity index (χ4n) is 0.587. The lowest BCUT2D eigenvalue weighted by Crippen LogP contribution is -2.09. The Morgan fingerprint density at radius 1 is 1.15 bits per heavy atom. The summed E-state index contributed by atoms with van der Waals surface area (Å²) in [5, 5.41) is 4.76. The van der Waals surface area contributed by atoms with E-state index in [9.17, 15) is 16.8 Å². The normalized spacial score (nSPS) is 13.1. The van der Waals surface area contributed by atoms with E-state index in [1.807, 2.05) is 0 Å². The molecule has 0 spiro atoms. The Kier molecular flexibility index (Phi) is 2.70. The Hall–Kier alpha value is -0.150. The van der Waals surface area contributed by atoms with Gasteiger partial charge in [-0.1, -0.05) is 0 Å². The standard InChI is InChI=1S/C4H4ClNO4S3/c5-12(7,8)3-1-2-4(11-3)13(6,9)10/h1-2H,(H2,6,9,10). The Labute approximate surface area is 83.6 Å². The second-order valence-electron chi connectivity index (χ2n) is 2.06. The van der Waals surface area contributed by atoms with E-state index >= 15 is 0 Å². The number of primary sulfonamides is 1. The molecule has 0 saturated carbocycles. The van der Waals surface area contributed by atoms with Crippen molar-refractivity contribution in [1.29, 1.82) is 0 Å². The van der Waals surface area contributed by atoms with Crippen LogP contribution in [0.2, 0.25) is 0 Å². The maximum Gasteiger partial charge on any atom is 0.270 e. The topological polar surface area (TPSA) is 94.3 Å². The fraction of sp³-hybridized carbons (Fsp3) is 0. The minimum Gasteiger partial charge on any atom is -0.224 e. The van der Waals surface area contributed by atoms with Crippen molar-refractivity contribution in [3.63, 3.8) is 0 Å². The fourth-order valence-corrected chi connectivity index (χ4v) is 3.54. The summed E-state index contributed by atoms with van der Waals surface area (Å²) >= 11 is 0.514. The highest BCUT2D eigenvalue weighted by molar-refractivity contribution is 8.15. The molecule has 0 saturated heterocycles. The van der Waals surface area contributed by atoms with Gasteiger partial charge in [0.2, 0.25) is 10.0 Å². The molecule has 0 bridgehead atoms. The van der Waals surface area contributed by atoms with Crippen LogP contribution < -0.4 is 5.14 Å². The molecule has 1 heterocycles. The van der Waals surface area contributed by atoms with Gasteiger partial charge in [0.25, 0.3) is 9.05 Å². The van der Waals surface area contributed by atoms with E-state index in [4.69, 9.17) is 15.8 Å². The molecule has 0 amide bonds. The summed E-state index contributed by atoms with van der Waals surface area (Å²) < 4.78 is 42.4. The maximum absolute atomic E-state index is 10.7. The van der Waals surface area contributed by atoms with Crippen LogP contribution in [0, 0.1) is 0 Å². The molecule has 0 radical (unpaired) electrons. The summed E-state index contributed by atoms with van der Waals surface area (Å²) in [6.07, 6.45) is 0. The Bertz CT molecular complexity index is 467. The molecular weight excluding hydrogens is 258 g/mol. The van der Waals surface area contributed by atoms with E-state index in [1.165, 1.54) is 0 Å². The lowest BCUT2D eigenvalue weighted by molar-refractivity contribution is 0.599. The minimum atomic E-state index is -3.87. The van der Waals surface area contributed by atoms with Gasteiger partial charge in [0.15, 0.2) is 0 Å². The van der Waals surface area contributed by atoms with Crippen LogP contribution in [0.3, 0.4) is 0 Å². The molecule has 9 heteroatoms. The quantitative estimate of drug-likeness (QED) is 0.776. The molecule has 2 N–H and O–H groups in total. The maximum atomic E-state index is 10.7. The van der Waals surface area contributed by atoms with Crippen molar-refractivity contribution in [2.45, 2.75) is 8.42 Å². The second kappa shape index (κ2) is 3.21. The predicted molar refractivity (Wildman–Crippen MR) is 48.7 cm³/mol. The molecule has 1 rings (SSSR count). The molecular formula is C4H4ClNO4S3. The number of hydrogen-bond acceptors (Lipinski definition) is 5. The number of rotatable bonds is 2. The van der Waals surface area contributed by atoms with E-state index in [0.29, 0.717) is 11.3 Å². The van der Waals surface area contributed by atoms with Gasteiger partial charge in [-0.3, -0.25) is 0 Å². The van der Waals surface area contributed by atoms with Gasteiger partial charge >= 0.3 is 0 Å². The molecule has 74 valence electrons. The van der Waals surface area contributed by atoms with Crippen LogP contribution in [0.4, 0.5) is 0 Å². The summed E-state index contributed by atoms with van der Waals surface area (Å²) in [4.78, 5) is 0. The van der Waals surface area contributed by atoms with Crippen LogP contribution in [0.15, 0.2) is 20.6 Å². The van der Waals surface area contributed by atoms with Gasteiger partial charge in [-0.2, -0.15) is 0 Å². The minimum absolute atomic E-state index is 0.230. The molecule has 0 aliphatic rings. The van der Waals surface area contributed by atoms with Crippen LogP contribution >= 0.6 is 22.0 Å². The molecule has 0 aliphatic carbocycles. The van der Waals surface area contributed by atoms with Gasteiger partial charge in [-0.25, -0.2) is 22.0 Å². The van der Waals surface area contributed by atoms with Gasteiger partial charge in [-0.15, -0.1) is 11.3 Å². The lowest BCUT2D eigenvalue weighted by Gasteiger charge is -1.89. The zero-order valence-electron chi connectivity index (χ0n) is 5.97. The monoisotopic (exact) mass is 261 g/mol. The predicted octanol–water partition coefficient (Wildman–Crippen LogP) is 0.323. The zero-order chi connectivity index (χ0) is 10.3. The first-order valence-corrected chi connectivity index (χ1v) is 7.46. The van der Waals surface area contributed by atoms with Crippen molar-refractivity contribution in [3.8, 4) is 0 Å². The zero-order valence-corrected chi connectivity index (χ0v) is 9.17. The number of nitrogens with two attached hydrogens (primary N) is 1. The van der Waals surface area contributed by atoms with Crippen molar-refractivity contribution < 1.29 is 16.8 Å². The van der Waals surface area contributed by atoms with Crippen LogP contribution in [0.25, 0.3) is 0 Å². The summed E-state index contributed by atoms with van der Waals surface area (Å²) in [6.45, 7) is 0. The van der Waals surface area contributed by atoms with Crippen molar-refractivity contribution in [3.05, 3.63) is 12.1 Å². The number of sulfonamides is 1. The Balaban J connectivity index is 3.32. The van der Waals surface area contributed by atoms with Gasteiger partial charge in [0.05, 0.1) is 0 Å². The van der Waals surface area contributed by atoms with E-state index in [-0.39, 0.29) is 8.42 Å². The second-order valence-corrected chi connectivity index (χ2v) is 7.72. The van der Waals surface area contributed by atoms with Gasteiger partial charge < -0.3 is 0 Å². The van der Waals surface area contributed by atoms with Crippen LogP contribution in [0.1, 0.15) is 0 Å².